The Bertz CT molecular complexity index is 1360. The molecule has 3 aromatic rings. The van der Waals surface area contributed by atoms with Gasteiger partial charge in [0.2, 0.25) is 6.79 Å². The molecule has 0 aliphatic carbocycles. The number of benzene rings is 3. The summed E-state index contributed by atoms with van der Waals surface area (Å²) in [5.74, 6) is 1.19. The number of hydrogen-bond acceptors (Lipinski definition) is 6. The molecule has 2 heterocycles. The highest BCUT2D eigenvalue weighted by Gasteiger charge is 2.31. The maximum absolute atomic E-state index is 13.2. The summed E-state index contributed by atoms with van der Waals surface area (Å²) in [4.78, 5) is 12.3. The second-order valence-electron chi connectivity index (χ2n) is 7.80. The summed E-state index contributed by atoms with van der Waals surface area (Å²) in [7, 11) is -3.77. The van der Waals surface area contributed by atoms with Gasteiger partial charge in [-0.1, -0.05) is 35.9 Å². The van der Waals surface area contributed by atoms with E-state index in [9.17, 15) is 13.2 Å². The van der Waals surface area contributed by atoms with Gasteiger partial charge in [-0.15, -0.1) is 0 Å². The molecule has 10 heteroatoms. The minimum atomic E-state index is -3.77. The van der Waals surface area contributed by atoms with Crippen molar-refractivity contribution < 1.29 is 27.4 Å². The van der Waals surface area contributed by atoms with Crippen LogP contribution in [0.15, 0.2) is 65.6 Å². The van der Waals surface area contributed by atoms with Crippen molar-refractivity contribution in [3.05, 3.63) is 76.8 Å². The van der Waals surface area contributed by atoms with Gasteiger partial charge in [0.15, 0.2) is 18.1 Å². The quantitative estimate of drug-likeness (QED) is 0.533. The van der Waals surface area contributed by atoms with Gasteiger partial charge in [-0.3, -0.25) is 9.10 Å². The van der Waals surface area contributed by atoms with Crippen LogP contribution >= 0.6 is 11.6 Å². The fourth-order valence-electron chi connectivity index (χ4n) is 3.89. The Morgan fingerprint density at radius 3 is 2.74 bits per heavy atom. The number of anilines is 1. The van der Waals surface area contributed by atoms with Crippen molar-refractivity contribution in [2.45, 2.75) is 17.9 Å². The van der Waals surface area contributed by atoms with Crippen LogP contribution in [0.25, 0.3) is 0 Å². The van der Waals surface area contributed by atoms with E-state index >= 15 is 0 Å². The standard InChI is InChI=1S/C24H21ClN2O6S/c25-19-12-18(34(29,30)27-10-9-17-3-1-2-4-20(17)27)6-8-21(19)31-14-24(28)26-13-16-5-7-22-23(11-16)33-15-32-22/h1-8,11-12H,9-10,13-15H2,(H,26,28). The Hall–Kier alpha value is -3.43. The molecular weight excluding hydrogens is 480 g/mol. The van der Waals surface area contributed by atoms with Gasteiger partial charge in [0.25, 0.3) is 15.9 Å². The fraction of sp³-hybridized carbons (Fsp3) is 0.208. The van der Waals surface area contributed by atoms with Crippen LogP contribution in [0.4, 0.5) is 5.69 Å². The van der Waals surface area contributed by atoms with Crippen LogP contribution in [0.2, 0.25) is 5.02 Å². The van der Waals surface area contributed by atoms with E-state index in [2.05, 4.69) is 5.32 Å². The van der Waals surface area contributed by atoms with Crippen molar-refractivity contribution in [1.82, 2.24) is 5.32 Å². The maximum atomic E-state index is 13.2. The summed E-state index contributed by atoms with van der Waals surface area (Å²) in [6.45, 7) is 0.586. The number of para-hydroxylation sites is 1. The molecule has 0 saturated heterocycles. The number of sulfonamides is 1. The molecule has 0 aromatic heterocycles. The number of fused-ring (bicyclic) bond motifs is 2. The molecule has 0 saturated carbocycles. The van der Waals surface area contributed by atoms with Gasteiger partial charge in [0.1, 0.15) is 5.75 Å². The molecule has 0 radical (unpaired) electrons. The molecule has 3 aromatic carbocycles. The average Bonchev–Trinajstić information content (AvgIpc) is 3.48. The predicted octanol–water partition coefficient (Wildman–Crippen LogP) is 3.52. The topological polar surface area (TPSA) is 94.2 Å². The van der Waals surface area contributed by atoms with Gasteiger partial charge in [0.05, 0.1) is 15.6 Å². The molecule has 34 heavy (non-hydrogen) atoms. The summed E-state index contributed by atoms with van der Waals surface area (Å²) in [6.07, 6.45) is 0.658. The minimum Gasteiger partial charge on any atom is -0.482 e. The molecule has 0 spiro atoms. The van der Waals surface area contributed by atoms with Gasteiger partial charge in [0, 0.05) is 13.1 Å². The van der Waals surface area contributed by atoms with Crippen LogP contribution in [-0.2, 0) is 27.8 Å². The van der Waals surface area contributed by atoms with Crippen molar-refractivity contribution in [2.75, 3.05) is 24.2 Å². The SMILES string of the molecule is O=C(COc1ccc(S(=O)(=O)N2CCc3ccccc32)cc1Cl)NCc1ccc2c(c1)OCO2. The number of rotatable bonds is 7. The molecule has 0 bridgehead atoms. The second-order valence-corrected chi connectivity index (χ2v) is 10.1. The van der Waals surface area contributed by atoms with Crippen LogP contribution in [-0.4, -0.2) is 34.3 Å². The van der Waals surface area contributed by atoms with Crippen LogP contribution in [0.5, 0.6) is 17.2 Å². The predicted molar refractivity (Wildman–Crippen MR) is 126 cm³/mol. The van der Waals surface area contributed by atoms with E-state index in [1.54, 1.807) is 18.2 Å². The van der Waals surface area contributed by atoms with Crippen LogP contribution in [0.1, 0.15) is 11.1 Å². The molecule has 0 atom stereocenters. The maximum Gasteiger partial charge on any atom is 0.264 e. The Labute approximate surface area is 202 Å². The molecule has 1 amide bonds. The van der Waals surface area contributed by atoms with Gasteiger partial charge in [-0.25, -0.2) is 8.42 Å². The zero-order chi connectivity index (χ0) is 23.7. The fourth-order valence-corrected chi connectivity index (χ4v) is 5.72. The number of carbonyl (C=O) groups excluding carboxylic acids is 1. The Morgan fingerprint density at radius 2 is 1.88 bits per heavy atom. The molecule has 8 nitrogen and oxygen atoms in total. The van der Waals surface area contributed by atoms with E-state index in [-0.39, 0.29) is 35.0 Å². The molecule has 2 aliphatic heterocycles. The number of amides is 1. The molecule has 0 fully saturated rings. The number of ether oxygens (including phenoxy) is 3. The molecule has 2 aliphatic rings. The third-order valence-electron chi connectivity index (χ3n) is 5.62. The minimum absolute atomic E-state index is 0.0637. The van der Waals surface area contributed by atoms with Crippen molar-refractivity contribution in [3.63, 3.8) is 0 Å². The third kappa shape index (κ3) is 4.36. The summed E-state index contributed by atoms with van der Waals surface area (Å²) >= 11 is 6.29. The Morgan fingerprint density at radius 1 is 1.06 bits per heavy atom. The lowest BCUT2D eigenvalue weighted by atomic mass is 10.2. The number of halogens is 1. The zero-order valence-electron chi connectivity index (χ0n) is 18.0. The van der Waals surface area contributed by atoms with E-state index in [1.807, 2.05) is 24.3 Å². The van der Waals surface area contributed by atoms with Crippen molar-refractivity contribution >= 4 is 33.2 Å². The number of nitrogens with zero attached hydrogens (tertiary/aromatic N) is 1. The normalized spacial score (nSPS) is 14.1. The largest absolute Gasteiger partial charge is 0.482 e. The highest BCUT2D eigenvalue weighted by molar-refractivity contribution is 7.92. The Kier molecular flexibility index (Phi) is 5.97. The highest BCUT2D eigenvalue weighted by atomic mass is 35.5. The van der Waals surface area contributed by atoms with E-state index < -0.39 is 10.0 Å². The third-order valence-corrected chi connectivity index (χ3v) is 7.73. The number of nitrogens with one attached hydrogen (secondary N) is 1. The lowest BCUT2D eigenvalue weighted by molar-refractivity contribution is -0.123. The summed E-state index contributed by atoms with van der Waals surface area (Å²) in [5.41, 5.74) is 2.52. The summed E-state index contributed by atoms with van der Waals surface area (Å²) < 4.78 is 43.8. The average molecular weight is 501 g/mol. The molecule has 1 N–H and O–H groups in total. The number of hydrogen-bond donors (Lipinski definition) is 1. The molecule has 0 unspecified atom stereocenters. The van der Waals surface area contributed by atoms with Crippen LogP contribution in [0.3, 0.4) is 0 Å². The van der Waals surface area contributed by atoms with Crippen LogP contribution in [0, 0.1) is 0 Å². The van der Waals surface area contributed by atoms with Crippen molar-refractivity contribution in [2.24, 2.45) is 0 Å². The van der Waals surface area contributed by atoms with E-state index in [1.165, 1.54) is 22.5 Å². The number of carbonyl (C=O) groups is 1. The van der Waals surface area contributed by atoms with Gasteiger partial charge < -0.3 is 19.5 Å². The smallest absolute Gasteiger partial charge is 0.264 e. The monoisotopic (exact) mass is 500 g/mol. The molecular formula is C24H21ClN2O6S. The first-order valence-corrected chi connectivity index (χ1v) is 12.4. The lowest BCUT2D eigenvalue weighted by Gasteiger charge is -2.20. The first-order chi connectivity index (χ1) is 16.4. The highest BCUT2D eigenvalue weighted by Crippen LogP contribution is 2.35. The van der Waals surface area contributed by atoms with Gasteiger partial charge in [-0.2, -0.15) is 0 Å². The molecule has 176 valence electrons. The van der Waals surface area contributed by atoms with Crippen molar-refractivity contribution in [3.8, 4) is 17.2 Å². The van der Waals surface area contributed by atoms with E-state index in [4.69, 9.17) is 25.8 Å². The van der Waals surface area contributed by atoms with Crippen molar-refractivity contribution in [1.29, 1.82) is 0 Å². The molecule has 5 rings (SSSR count). The lowest BCUT2D eigenvalue weighted by Crippen LogP contribution is -2.29. The first kappa shape index (κ1) is 22.4. The zero-order valence-corrected chi connectivity index (χ0v) is 19.6. The van der Waals surface area contributed by atoms with Crippen LogP contribution < -0.4 is 23.8 Å². The summed E-state index contributed by atoms with van der Waals surface area (Å²) in [6, 6.07) is 17.1. The summed E-state index contributed by atoms with van der Waals surface area (Å²) in [5, 5.41) is 2.86. The van der Waals surface area contributed by atoms with Gasteiger partial charge >= 0.3 is 0 Å². The first-order valence-electron chi connectivity index (χ1n) is 10.6. The van der Waals surface area contributed by atoms with E-state index in [0.29, 0.717) is 36.7 Å². The second kappa shape index (κ2) is 9.08. The van der Waals surface area contributed by atoms with Gasteiger partial charge in [-0.05, 0) is 53.9 Å². The Balaban J connectivity index is 1.20. The van der Waals surface area contributed by atoms with E-state index in [0.717, 1.165) is 11.1 Å².